The molecule has 2 N–H and O–H groups in total. The standard InChI is InChI=1S/C18H29FN4S.HI/c1-20-18(21-8-11-23-9-4-3-5-10-23)22-13-15-6-7-17(19)12-16(15)14-24-2;/h6-7,12H,3-5,8-11,13-14H2,1-2H3,(H2,20,21,22);1H. The summed E-state index contributed by atoms with van der Waals surface area (Å²) >= 11 is 1.70. The normalized spacial score (nSPS) is 15.6. The van der Waals surface area contributed by atoms with Crippen LogP contribution in [0.4, 0.5) is 4.39 Å². The Labute approximate surface area is 172 Å². The number of hydrogen-bond donors (Lipinski definition) is 2. The van der Waals surface area contributed by atoms with Crippen LogP contribution in [0.25, 0.3) is 0 Å². The van der Waals surface area contributed by atoms with Crippen molar-refractivity contribution in [3.05, 3.63) is 35.1 Å². The summed E-state index contributed by atoms with van der Waals surface area (Å²) in [6.07, 6.45) is 6.03. The highest BCUT2D eigenvalue weighted by molar-refractivity contribution is 14.0. The van der Waals surface area contributed by atoms with E-state index in [1.54, 1.807) is 24.9 Å². The van der Waals surface area contributed by atoms with Crippen LogP contribution in [-0.2, 0) is 12.3 Å². The summed E-state index contributed by atoms with van der Waals surface area (Å²) in [5.41, 5.74) is 2.16. The molecule has 7 heteroatoms. The summed E-state index contributed by atoms with van der Waals surface area (Å²) in [6, 6.07) is 5.00. The molecule has 0 saturated carbocycles. The summed E-state index contributed by atoms with van der Waals surface area (Å²) in [7, 11) is 1.78. The van der Waals surface area contributed by atoms with E-state index in [1.807, 2.05) is 12.3 Å². The molecule has 1 aliphatic rings. The fraction of sp³-hybridized carbons (Fsp3) is 0.611. The second kappa shape index (κ2) is 12.8. The number of nitrogens with one attached hydrogen (secondary N) is 2. The highest BCUT2D eigenvalue weighted by Gasteiger charge is 2.10. The quantitative estimate of drug-likeness (QED) is 0.356. The number of benzene rings is 1. The minimum atomic E-state index is -0.174. The lowest BCUT2D eigenvalue weighted by molar-refractivity contribution is 0.232. The highest BCUT2D eigenvalue weighted by Crippen LogP contribution is 2.16. The Morgan fingerprint density at radius 1 is 1.20 bits per heavy atom. The fourth-order valence-corrected chi connectivity index (χ4v) is 3.55. The molecule has 0 bridgehead atoms. The molecule has 1 heterocycles. The van der Waals surface area contributed by atoms with Gasteiger partial charge in [0.1, 0.15) is 5.82 Å². The predicted molar refractivity (Wildman–Crippen MR) is 118 cm³/mol. The molecule has 25 heavy (non-hydrogen) atoms. The summed E-state index contributed by atoms with van der Waals surface area (Å²) in [5, 5.41) is 6.70. The Bertz CT molecular complexity index is 536. The number of rotatable bonds is 7. The molecule has 1 saturated heterocycles. The number of halogens is 2. The molecule has 1 aromatic rings. The molecule has 0 radical (unpaired) electrons. The van der Waals surface area contributed by atoms with Crippen LogP contribution >= 0.6 is 35.7 Å². The lowest BCUT2D eigenvalue weighted by Crippen LogP contribution is -2.42. The summed E-state index contributed by atoms with van der Waals surface area (Å²) in [5.74, 6) is 1.44. The molecule has 0 aromatic heterocycles. The number of thioether (sulfide) groups is 1. The van der Waals surface area contributed by atoms with Crippen molar-refractivity contribution in [2.24, 2.45) is 4.99 Å². The van der Waals surface area contributed by atoms with Gasteiger partial charge in [-0.05, 0) is 55.4 Å². The number of aliphatic imine (C=N–C) groups is 1. The van der Waals surface area contributed by atoms with Gasteiger partial charge in [-0.25, -0.2) is 4.39 Å². The van der Waals surface area contributed by atoms with E-state index in [9.17, 15) is 4.39 Å². The van der Waals surface area contributed by atoms with E-state index >= 15 is 0 Å². The van der Waals surface area contributed by atoms with Crippen LogP contribution < -0.4 is 10.6 Å². The number of likely N-dealkylation sites (tertiary alicyclic amines) is 1. The van der Waals surface area contributed by atoms with Gasteiger partial charge >= 0.3 is 0 Å². The Morgan fingerprint density at radius 3 is 2.64 bits per heavy atom. The van der Waals surface area contributed by atoms with Crippen molar-refractivity contribution in [2.75, 3.05) is 39.5 Å². The van der Waals surface area contributed by atoms with Gasteiger partial charge < -0.3 is 15.5 Å². The molecule has 0 spiro atoms. The van der Waals surface area contributed by atoms with Crippen molar-refractivity contribution in [1.29, 1.82) is 0 Å². The van der Waals surface area contributed by atoms with E-state index in [4.69, 9.17) is 0 Å². The van der Waals surface area contributed by atoms with Crippen molar-refractivity contribution < 1.29 is 4.39 Å². The van der Waals surface area contributed by atoms with E-state index in [2.05, 4.69) is 20.5 Å². The first-order chi connectivity index (χ1) is 11.7. The topological polar surface area (TPSA) is 39.7 Å². The smallest absolute Gasteiger partial charge is 0.191 e. The molecule has 0 aliphatic carbocycles. The molecule has 2 rings (SSSR count). The van der Waals surface area contributed by atoms with Gasteiger partial charge in [0, 0.05) is 32.4 Å². The average molecular weight is 480 g/mol. The molecular formula is C18H30FIN4S. The second-order valence-corrected chi connectivity index (χ2v) is 6.97. The molecule has 0 amide bonds. The molecule has 1 aromatic carbocycles. The van der Waals surface area contributed by atoms with Crippen LogP contribution in [0.5, 0.6) is 0 Å². The number of hydrogen-bond acceptors (Lipinski definition) is 3. The van der Waals surface area contributed by atoms with Gasteiger partial charge in [-0.3, -0.25) is 4.99 Å². The SMILES string of the molecule is CN=C(NCCN1CCCCC1)NCc1ccc(F)cc1CSC.I. The minimum Gasteiger partial charge on any atom is -0.355 e. The Morgan fingerprint density at radius 2 is 1.96 bits per heavy atom. The lowest BCUT2D eigenvalue weighted by Gasteiger charge is -2.26. The second-order valence-electron chi connectivity index (χ2n) is 6.10. The van der Waals surface area contributed by atoms with Crippen molar-refractivity contribution in [2.45, 2.75) is 31.6 Å². The largest absolute Gasteiger partial charge is 0.355 e. The van der Waals surface area contributed by atoms with Gasteiger partial charge in [0.15, 0.2) is 5.96 Å². The molecule has 1 fully saturated rings. The first kappa shape index (κ1) is 22.5. The van der Waals surface area contributed by atoms with Crippen LogP contribution in [0.1, 0.15) is 30.4 Å². The predicted octanol–water partition coefficient (Wildman–Crippen LogP) is 3.46. The van der Waals surface area contributed by atoms with Gasteiger partial charge in [-0.1, -0.05) is 12.5 Å². The van der Waals surface area contributed by atoms with Gasteiger partial charge in [0.25, 0.3) is 0 Å². The molecule has 0 unspecified atom stereocenters. The van der Waals surface area contributed by atoms with Crippen molar-refractivity contribution in [3.63, 3.8) is 0 Å². The third-order valence-corrected chi connectivity index (χ3v) is 4.91. The van der Waals surface area contributed by atoms with Gasteiger partial charge in [0.2, 0.25) is 0 Å². The van der Waals surface area contributed by atoms with Crippen LogP contribution in [0, 0.1) is 5.82 Å². The zero-order valence-corrected chi connectivity index (χ0v) is 18.3. The maximum Gasteiger partial charge on any atom is 0.191 e. The Kier molecular flexibility index (Phi) is 11.5. The number of guanidine groups is 1. The maximum atomic E-state index is 13.4. The van der Waals surface area contributed by atoms with Crippen LogP contribution in [-0.4, -0.2) is 50.3 Å². The third kappa shape index (κ3) is 8.13. The van der Waals surface area contributed by atoms with Crippen LogP contribution in [0.2, 0.25) is 0 Å². The Balaban J connectivity index is 0.00000312. The van der Waals surface area contributed by atoms with E-state index < -0.39 is 0 Å². The summed E-state index contributed by atoms with van der Waals surface area (Å²) < 4.78 is 13.4. The first-order valence-corrected chi connectivity index (χ1v) is 10.1. The first-order valence-electron chi connectivity index (χ1n) is 8.66. The third-order valence-electron chi connectivity index (χ3n) is 4.31. The van der Waals surface area contributed by atoms with E-state index in [1.165, 1.54) is 38.4 Å². The van der Waals surface area contributed by atoms with Gasteiger partial charge in [-0.15, -0.1) is 24.0 Å². The number of piperidine rings is 1. The average Bonchev–Trinajstić information content (AvgIpc) is 2.60. The molecular weight excluding hydrogens is 450 g/mol. The van der Waals surface area contributed by atoms with E-state index in [-0.39, 0.29) is 29.8 Å². The highest BCUT2D eigenvalue weighted by atomic mass is 127. The van der Waals surface area contributed by atoms with Crippen LogP contribution in [0.3, 0.4) is 0 Å². The summed E-state index contributed by atoms with van der Waals surface area (Å²) in [4.78, 5) is 6.78. The maximum absolute atomic E-state index is 13.4. The van der Waals surface area contributed by atoms with Crippen molar-refractivity contribution >= 4 is 41.7 Å². The summed E-state index contributed by atoms with van der Waals surface area (Å²) in [6.45, 7) is 5.01. The molecule has 0 atom stereocenters. The number of nitrogens with zero attached hydrogens (tertiary/aromatic N) is 2. The van der Waals surface area contributed by atoms with Gasteiger partial charge in [-0.2, -0.15) is 11.8 Å². The fourth-order valence-electron chi connectivity index (χ4n) is 2.97. The monoisotopic (exact) mass is 480 g/mol. The minimum absolute atomic E-state index is 0. The molecule has 142 valence electrons. The van der Waals surface area contributed by atoms with E-state index in [0.717, 1.165) is 35.9 Å². The zero-order valence-electron chi connectivity index (χ0n) is 15.2. The van der Waals surface area contributed by atoms with Crippen LogP contribution in [0.15, 0.2) is 23.2 Å². The Hall–Kier alpha value is -0.540. The van der Waals surface area contributed by atoms with E-state index in [0.29, 0.717) is 6.54 Å². The zero-order chi connectivity index (χ0) is 17.2. The lowest BCUT2D eigenvalue weighted by atomic mass is 10.1. The van der Waals surface area contributed by atoms with Crippen molar-refractivity contribution in [1.82, 2.24) is 15.5 Å². The van der Waals surface area contributed by atoms with Crippen molar-refractivity contribution in [3.8, 4) is 0 Å². The van der Waals surface area contributed by atoms with Gasteiger partial charge in [0.05, 0.1) is 0 Å². The molecule has 1 aliphatic heterocycles. The molecule has 4 nitrogen and oxygen atoms in total.